The Morgan fingerprint density at radius 2 is 2.07 bits per heavy atom. The van der Waals surface area contributed by atoms with Crippen molar-refractivity contribution in [3.05, 3.63) is 36.0 Å². The predicted molar refractivity (Wildman–Crippen MR) is 70.0 cm³/mol. The second-order valence-electron chi connectivity index (χ2n) is 4.19. The van der Waals surface area contributed by atoms with Crippen LogP contribution in [0.5, 0.6) is 0 Å². The summed E-state index contributed by atoms with van der Waals surface area (Å²) in [6, 6.07) is 0.616. The zero-order valence-corrected chi connectivity index (χ0v) is 9.51. The fourth-order valence-corrected chi connectivity index (χ4v) is 1.85. The molecule has 0 radical (unpaired) electrons. The third-order valence-corrected chi connectivity index (χ3v) is 2.83. The first-order valence-corrected chi connectivity index (χ1v) is 5.39. The maximum absolute atomic E-state index is 3.85. The van der Waals surface area contributed by atoms with Crippen LogP contribution in [0.15, 0.2) is 36.0 Å². The van der Waals surface area contributed by atoms with E-state index >= 15 is 0 Å². The van der Waals surface area contributed by atoms with Gasteiger partial charge in [0.25, 0.3) is 0 Å². The van der Waals surface area contributed by atoms with E-state index in [0.717, 1.165) is 13.0 Å². The lowest BCUT2D eigenvalue weighted by atomic mass is 9.89. The molecule has 1 nitrogen and oxygen atoms in total. The average molecular weight is 207 g/mol. The Labute approximate surface area is 95.0 Å². The molecule has 0 spiro atoms. The van der Waals surface area contributed by atoms with Crippen LogP contribution in [0.2, 0.25) is 0 Å². The summed E-state index contributed by atoms with van der Waals surface area (Å²) in [7, 11) is 0. The minimum atomic E-state index is 0. The van der Waals surface area contributed by atoms with E-state index in [4.69, 9.17) is 0 Å². The van der Waals surface area contributed by atoms with Crippen LogP contribution in [-0.4, -0.2) is 12.6 Å². The largest absolute Gasteiger partial charge is 0.309 e. The van der Waals surface area contributed by atoms with Gasteiger partial charge in [-0.25, -0.2) is 0 Å². The van der Waals surface area contributed by atoms with Crippen LogP contribution in [0.1, 0.15) is 34.6 Å². The van der Waals surface area contributed by atoms with E-state index < -0.39 is 0 Å². The number of rotatable bonds is 3. The lowest BCUT2D eigenvalue weighted by molar-refractivity contribution is 0.397. The molecule has 1 heteroatoms. The van der Waals surface area contributed by atoms with Crippen molar-refractivity contribution >= 4 is 0 Å². The zero-order chi connectivity index (χ0) is 10.6. The van der Waals surface area contributed by atoms with E-state index in [1.54, 1.807) is 0 Å². The van der Waals surface area contributed by atoms with Crippen molar-refractivity contribution in [2.45, 2.75) is 40.7 Å². The van der Waals surface area contributed by atoms with E-state index in [2.05, 4.69) is 44.8 Å². The van der Waals surface area contributed by atoms with Gasteiger partial charge >= 0.3 is 0 Å². The molecule has 15 heavy (non-hydrogen) atoms. The highest BCUT2D eigenvalue weighted by Crippen LogP contribution is 2.22. The molecule has 1 rings (SSSR count). The van der Waals surface area contributed by atoms with Crippen molar-refractivity contribution < 1.29 is 0 Å². The molecule has 0 amide bonds. The Bertz CT molecular complexity index is 259. The standard InChI is InChI=1S/C13H21N.CH4/c1-5-7-12-8-13(10(3)4)14-9-11(12)6-2;/h5-7,10,13-14H,2,8-9H2,1,3-4H3;1H4/b7-5-;/t13-;/m1./s1. The SMILES string of the molecule is C.C=CC1=C(/C=C\C)C[C@H](C(C)C)NC1. The van der Waals surface area contributed by atoms with Gasteiger partial charge in [0.05, 0.1) is 0 Å². The second-order valence-corrected chi connectivity index (χ2v) is 4.19. The van der Waals surface area contributed by atoms with Crippen molar-refractivity contribution in [2.75, 3.05) is 6.54 Å². The quantitative estimate of drug-likeness (QED) is 0.744. The summed E-state index contributed by atoms with van der Waals surface area (Å²) in [6.45, 7) is 11.4. The minimum Gasteiger partial charge on any atom is -0.309 e. The fourth-order valence-electron chi connectivity index (χ4n) is 1.85. The molecule has 1 aliphatic heterocycles. The molecule has 0 aromatic rings. The normalized spacial score (nSPS) is 22.0. The maximum Gasteiger partial charge on any atom is 0.0210 e. The Morgan fingerprint density at radius 1 is 1.40 bits per heavy atom. The molecule has 1 N–H and O–H groups in total. The fraction of sp³-hybridized carbons (Fsp3) is 0.571. The van der Waals surface area contributed by atoms with Crippen molar-refractivity contribution in [1.29, 1.82) is 0 Å². The molecule has 1 heterocycles. The van der Waals surface area contributed by atoms with Gasteiger partial charge in [-0.3, -0.25) is 0 Å². The van der Waals surface area contributed by atoms with Gasteiger partial charge in [-0.05, 0) is 30.4 Å². The summed E-state index contributed by atoms with van der Waals surface area (Å²) < 4.78 is 0. The smallest absolute Gasteiger partial charge is 0.0210 e. The van der Waals surface area contributed by atoms with Gasteiger partial charge in [-0.1, -0.05) is 46.1 Å². The Morgan fingerprint density at radius 3 is 2.53 bits per heavy atom. The van der Waals surface area contributed by atoms with Crippen LogP contribution in [-0.2, 0) is 0 Å². The van der Waals surface area contributed by atoms with Gasteiger partial charge in [0, 0.05) is 12.6 Å². The molecule has 0 aromatic heterocycles. The van der Waals surface area contributed by atoms with Crippen LogP contribution in [0.3, 0.4) is 0 Å². The van der Waals surface area contributed by atoms with E-state index in [9.17, 15) is 0 Å². The number of allylic oxidation sites excluding steroid dienone is 2. The highest BCUT2D eigenvalue weighted by molar-refractivity contribution is 5.36. The zero-order valence-electron chi connectivity index (χ0n) is 9.51. The van der Waals surface area contributed by atoms with E-state index in [1.165, 1.54) is 11.1 Å². The number of hydrogen-bond donors (Lipinski definition) is 1. The first-order valence-electron chi connectivity index (χ1n) is 5.39. The summed E-state index contributed by atoms with van der Waals surface area (Å²) in [4.78, 5) is 0. The van der Waals surface area contributed by atoms with Gasteiger partial charge in [0.1, 0.15) is 0 Å². The van der Waals surface area contributed by atoms with Gasteiger partial charge in [0.15, 0.2) is 0 Å². The monoisotopic (exact) mass is 207 g/mol. The average Bonchev–Trinajstić information content (AvgIpc) is 2.18. The maximum atomic E-state index is 3.85. The third-order valence-electron chi connectivity index (χ3n) is 2.83. The molecule has 1 aliphatic rings. The van der Waals surface area contributed by atoms with Gasteiger partial charge < -0.3 is 5.32 Å². The summed E-state index contributed by atoms with van der Waals surface area (Å²) in [6.07, 6.45) is 7.43. The third kappa shape index (κ3) is 3.67. The van der Waals surface area contributed by atoms with Gasteiger partial charge in [0.2, 0.25) is 0 Å². The van der Waals surface area contributed by atoms with Crippen LogP contribution in [0.4, 0.5) is 0 Å². The Hall–Kier alpha value is -0.820. The van der Waals surface area contributed by atoms with E-state index in [0.29, 0.717) is 12.0 Å². The summed E-state index contributed by atoms with van der Waals surface area (Å²) >= 11 is 0. The van der Waals surface area contributed by atoms with Gasteiger partial charge in [-0.15, -0.1) is 0 Å². The first kappa shape index (κ1) is 14.2. The molecule has 0 saturated carbocycles. The molecule has 0 unspecified atom stereocenters. The molecule has 0 fully saturated rings. The molecular weight excluding hydrogens is 182 g/mol. The van der Waals surface area contributed by atoms with Crippen molar-refractivity contribution in [2.24, 2.45) is 5.92 Å². The number of nitrogens with one attached hydrogen (secondary N) is 1. The molecule has 0 bridgehead atoms. The Balaban J connectivity index is 0.00000196. The van der Waals surface area contributed by atoms with Crippen LogP contribution >= 0.6 is 0 Å². The predicted octanol–water partition coefficient (Wildman–Crippen LogP) is 3.70. The summed E-state index contributed by atoms with van der Waals surface area (Å²) in [5.74, 6) is 0.696. The van der Waals surface area contributed by atoms with Crippen molar-refractivity contribution in [3.8, 4) is 0 Å². The van der Waals surface area contributed by atoms with Gasteiger partial charge in [-0.2, -0.15) is 0 Å². The van der Waals surface area contributed by atoms with Crippen LogP contribution in [0, 0.1) is 5.92 Å². The topological polar surface area (TPSA) is 12.0 Å². The minimum absolute atomic E-state index is 0. The Kier molecular flexibility index (Phi) is 6.26. The van der Waals surface area contributed by atoms with Crippen LogP contribution < -0.4 is 5.32 Å². The molecule has 86 valence electrons. The molecule has 1 atom stereocenters. The highest BCUT2D eigenvalue weighted by atomic mass is 14.9. The van der Waals surface area contributed by atoms with E-state index in [-0.39, 0.29) is 7.43 Å². The van der Waals surface area contributed by atoms with E-state index in [1.807, 2.05) is 6.08 Å². The molecular formula is C14H25N. The lowest BCUT2D eigenvalue weighted by Crippen LogP contribution is -2.38. The molecule has 0 aromatic carbocycles. The summed E-state index contributed by atoms with van der Waals surface area (Å²) in [5, 5.41) is 3.54. The van der Waals surface area contributed by atoms with Crippen LogP contribution in [0.25, 0.3) is 0 Å². The molecule has 0 aliphatic carbocycles. The number of hydrogen-bond acceptors (Lipinski definition) is 1. The summed E-state index contributed by atoms with van der Waals surface area (Å²) in [5.41, 5.74) is 2.79. The highest BCUT2D eigenvalue weighted by Gasteiger charge is 2.19. The van der Waals surface area contributed by atoms with Crippen molar-refractivity contribution in [3.63, 3.8) is 0 Å². The molecule has 0 saturated heterocycles. The van der Waals surface area contributed by atoms with Crippen molar-refractivity contribution in [1.82, 2.24) is 5.32 Å². The first-order chi connectivity index (χ1) is 6.69. The second kappa shape index (κ2) is 6.62. The lowest BCUT2D eigenvalue weighted by Gasteiger charge is -2.29.